The summed E-state index contributed by atoms with van der Waals surface area (Å²) < 4.78 is 5.77. The Morgan fingerprint density at radius 1 is 1.33 bits per heavy atom. The van der Waals surface area contributed by atoms with E-state index >= 15 is 0 Å². The van der Waals surface area contributed by atoms with Gasteiger partial charge >= 0.3 is 0 Å². The number of nitrogens with zero attached hydrogens (tertiary/aromatic N) is 2. The summed E-state index contributed by atoms with van der Waals surface area (Å²) in [4.78, 5) is 6.58. The maximum Gasteiger partial charge on any atom is 0.198 e. The van der Waals surface area contributed by atoms with Crippen molar-refractivity contribution < 1.29 is 4.42 Å². The molecule has 0 amide bonds. The molecule has 2 rings (SSSR count). The van der Waals surface area contributed by atoms with Gasteiger partial charge in [-0.05, 0) is 31.8 Å². The molecule has 0 aliphatic carbocycles. The molecule has 0 radical (unpaired) electrons. The van der Waals surface area contributed by atoms with Gasteiger partial charge in [-0.2, -0.15) is 0 Å². The molecular formula is C14H21N3O. The molecule has 18 heavy (non-hydrogen) atoms. The molecule has 0 saturated carbocycles. The lowest BCUT2D eigenvalue weighted by molar-refractivity contribution is 0.306. The fraction of sp³-hybridized carbons (Fsp3) is 0.500. The highest BCUT2D eigenvalue weighted by atomic mass is 16.3. The van der Waals surface area contributed by atoms with Crippen LogP contribution >= 0.6 is 0 Å². The Bertz CT molecular complexity index is 531. The second kappa shape index (κ2) is 5.08. The van der Waals surface area contributed by atoms with Crippen LogP contribution in [0.15, 0.2) is 22.6 Å². The molecule has 0 aliphatic heterocycles. The number of likely N-dealkylation sites (N-methyl/N-ethyl adjacent to an activating group) is 1. The predicted molar refractivity (Wildman–Crippen MR) is 73.6 cm³/mol. The minimum Gasteiger partial charge on any atom is -0.440 e. The van der Waals surface area contributed by atoms with Gasteiger partial charge < -0.3 is 15.1 Å². The van der Waals surface area contributed by atoms with Crippen LogP contribution in [0.1, 0.15) is 37.3 Å². The van der Waals surface area contributed by atoms with E-state index in [1.807, 2.05) is 26.2 Å². The lowest BCUT2D eigenvalue weighted by Crippen LogP contribution is -2.27. The van der Waals surface area contributed by atoms with Crippen LogP contribution in [0.4, 0.5) is 0 Å². The van der Waals surface area contributed by atoms with Gasteiger partial charge in [0.1, 0.15) is 5.52 Å². The Labute approximate surface area is 108 Å². The topological polar surface area (TPSA) is 55.3 Å². The Hall–Kier alpha value is -1.39. The van der Waals surface area contributed by atoms with Gasteiger partial charge in [0, 0.05) is 18.5 Å². The van der Waals surface area contributed by atoms with E-state index < -0.39 is 0 Å². The molecule has 0 spiro atoms. The second-order valence-corrected chi connectivity index (χ2v) is 5.15. The molecule has 1 heterocycles. The van der Waals surface area contributed by atoms with Crippen molar-refractivity contribution in [3.05, 3.63) is 29.7 Å². The molecule has 4 nitrogen and oxygen atoms in total. The number of rotatable bonds is 4. The van der Waals surface area contributed by atoms with Gasteiger partial charge in [0.2, 0.25) is 0 Å². The Balaban J connectivity index is 2.43. The molecule has 98 valence electrons. The average Bonchev–Trinajstić information content (AvgIpc) is 2.72. The summed E-state index contributed by atoms with van der Waals surface area (Å²) in [5, 5.41) is 0. The minimum absolute atomic E-state index is 0.210. The molecule has 0 saturated heterocycles. The Kier molecular flexibility index (Phi) is 3.68. The van der Waals surface area contributed by atoms with Crippen LogP contribution in [0.2, 0.25) is 0 Å². The molecule has 1 atom stereocenters. The first kappa shape index (κ1) is 13.1. The summed E-state index contributed by atoms with van der Waals surface area (Å²) in [5.41, 5.74) is 8.74. The van der Waals surface area contributed by atoms with Crippen LogP contribution in [0, 0.1) is 0 Å². The normalized spacial score (nSPS) is 13.7. The number of hydrogen-bond donors (Lipinski definition) is 1. The summed E-state index contributed by atoms with van der Waals surface area (Å²) in [6.45, 7) is 4.74. The number of oxazole rings is 1. The standard InChI is InChI=1S/C14H21N3O/c1-9(2)14-16-11-6-5-10(7-13(11)18-14)12(8-15)17(3)4/h5-7,9,12H,8,15H2,1-4H3. The molecule has 1 aromatic heterocycles. The van der Waals surface area contributed by atoms with Gasteiger partial charge in [-0.1, -0.05) is 19.9 Å². The number of fused-ring (bicyclic) bond motifs is 1. The van der Waals surface area contributed by atoms with E-state index in [1.54, 1.807) is 0 Å². The van der Waals surface area contributed by atoms with Gasteiger partial charge in [0.05, 0.1) is 0 Å². The third-order valence-electron chi connectivity index (χ3n) is 3.15. The molecule has 0 aliphatic rings. The van der Waals surface area contributed by atoms with E-state index in [0.29, 0.717) is 12.5 Å². The lowest BCUT2D eigenvalue weighted by atomic mass is 10.1. The van der Waals surface area contributed by atoms with Crippen molar-refractivity contribution in [2.45, 2.75) is 25.8 Å². The van der Waals surface area contributed by atoms with Crippen LogP contribution in [0.3, 0.4) is 0 Å². The quantitative estimate of drug-likeness (QED) is 0.902. The van der Waals surface area contributed by atoms with Gasteiger partial charge in [-0.25, -0.2) is 4.98 Å². The molecule has 4 heteroatoms. The van der Waals surface area contributed by atoms with Crippen molar-refractivity contribution in [1.29, 1.82) is 0 Å². The summed E-state index contributed by atoms with van der Waals surface area (Å²) >= 11 is 0. The SMILES string of the molecule is CC(C)c1nc2ccc(C(CN)N(C)C)cc2o1. The highest BCUT2D eigenvalue weighted by Crippen LogP contribution is 2.25. The van der Waals surface area contributed by atoms with Crippen LogP contribution in [0.5, 0.6) is 0 Å². The van der Waals surface area contributed by atoms with Gasteiger partial charge in [0.25, 0.3) is 0 Å². The third-order valence-corrected chi connectivity index (χ3v) is 3.15. The van der Waals surface area contributed by atoms with Gasteiger partial charge in [-0.15, -0.1) is 0 Å². The molecule has 2 N–H and O–H groups in total. The average molecular weight is 247 g/mol. The number of benzene rings is 1. The van der Waals surface area contributed by atoms with E-state index in [4.69, 9.17) is 10.2 Å². The number of nitrogens with two attached hydrogens (primary N) is 1. The number of aromatic nitrogens is 1. The van der Waals surface area contributed by atoms with Crippen molar-refractivity contribution in [3.8, 4) is 0 Å². The fourth-order valence-electron chi connectivity index (χ4n) is 2.06. The summed E-state index contributed by atoms with van der Waals surface area (Å²) in [6.07, 6.45) is 0. The maximum atomic E-state index is 5.82. The van der Waals surface area contributed by atoms with E-state index in [9.17, 15) is 0 Å². The van der Waals surface area contributed by atoms with E-state index in [0.717, 1.165) is 17.0 Å². The first-order valence-electron chi connectivity index (χ1n) is 6.29. The van der Waals surface area contributed by atoms with Crippen molar-refractivity contribution in [3.63, 3.8) is 0 Å². The van der Waals surface area contributed by atoms with Gasteiger partial charge in [0.15, 0.2) is 11.5 Å². The first-order chi connectivity index (χ1) is 8.52. The highest BCUT2D eigenvalue weighted by Gasteiger charge is 2.15. The van der Waals surface area contributed by atoms with Crippen molar-refractivity contribution in [1.82, 2.24) is 9.88 Å². The summed E-state index contributed by atoms with van der Waals surface area (Å²) in [6, 6.07) is 6.34. The highest BCUT2D eigenvalue weighted by molar-refractivity contribution is 5.73. The zero-order valence-electron chi connectivity index (χ0n) is 11.5. The third kappa shape index (κ3) is 2.40. The summed E-state index contributed by atoms with van der Waals surface area (Å²) in [7, 11) is 4.06. The van der Waals surface area contributed by atoms with Crippen molar-refractivity contribution >= 4 is 11.1 Å². The van der Waals surface area contributed by atoms with Crippen LogP contribution in [-0.2, 0) is 0 Å². The molecule has 0 fully saturated rings. The Morgan fingerprint density at radius 2 is 2.06 bits per heavy atom. The van der Waals surface area contributed by atoms with E-state index in [2.05, 4.69) is 29.8 Å². The van der Waals surface area contributed by atoms with Gasteiger partial charge in [-0.3, -0.25) is 0 Å². The van der Waals surface area contributed by atoms with E-state index in [-0.39, 0.29) is 6.04 Å². The molecule has 2 aromatic rings. The smallest absolute Gasteiger partial charge is 0.198 e. The largest absolute Gasteiger partial charge is 0.440 e. The first-order valence-corrected chi connectivity index (χ1v) is 6.29. The van der Waals surface area contributed by atoms with E-state index in [1.165, 1.54) is 5.56 Å². The maximum absolute atomic E-state index is 5.82. The monoisotopic (exact) mass is 247 g/mol. The van der Waals surface area contributed by atoms with Crippen LogP contribution < -0.4 is 5.73 Å². The molecule has 1 aromatic carbocycles. The molecular weight excluding hydrogens is 226 g/mol. The zero-order chi connectivity index (χ0) is 13.3. The predicted octanol–water partition coefficient (Wildman–Crippen LogP) is 2.51. The Morgan fingerprint density at radius 3 is 2.61 bits per heavy atom. The molecule has 0 bridgehead atoms. The molecule has 1 unspecified atom stereocenters. The van der Waals surface area contributed by atoms with Crippen LogP contribution in [-0.4, -0.2) is 30.5 Å². The van der Waals surface area contributed by atoms with Crippen molar-refractivity contribution in [2.24, 2.45) is 5.73 Å². The summed E-state index contributed by atoms with van der Waals surface area (Å²) in [5.74, 6) is 1.09. The van der Waals surface area contributed by atoms with Crippen LogP contribution in [0.25, 0.3) is 11.1 Å². The fourth-order valence-corrected chi connectivity index (χ4v) is 2.06. The lowest BCUT2D eigenvalue weighted by Gasteiger charge is -2.22. The number of hydrogen-bond acceptors (Lipinski definition) is 4. The van der Waals surface area contributed by atoms with Crippen molar-refractivity contribution in [2.75, 3.05) is 20.6 Å². The minimum atomic E-state index is 0.210. The zero-order valence-corrected chi connectivity index (χ0v) is 11.5. The second-order valence-electron chi connectivity index (χ2n) is 5.15.